The SMILES string of the molecule is C[C@@H]1Cc2c([nH]c3ccccc23)[C@@H](c2c(F)cc(N3CCC(N4CCN(CC(=O)N5Cc6cc7c(cc6C5)C(=O)N(C5CCC(=O)NC5=O)C7)CC4)CC3)cc2F)N1CC(F)F. The van der Waals surface area contributed by atoms with Gasteiger partial charge in [-0.1, -0.05) is 24.3 Å². The van der Waals surface area contributed by atoms with Crippen molar-refractivity contribution in [2.75, 3.05) is 57.3 Å². The second kappa shape index (κ2) is 16.1. The highest BCUT2D eigenvalue weighted by molar-refractivity contribution is 6.05. The molecule has 0 bridgehead atoms. The number of rotatable bonds is 8. The Labute approximate surface area is 356 Å². The van der Waals surface area contributed by atoms with Gasteiger partial charge in [-0.25, -0.2) is 17.6 Å². The molecule has 0 saturated carbocycles. The van der Waals surface area contributed by atoms with Crippen LogP contribution in [0.4, 0.5) is 23.2 Å². The van der Waals surface area contributed by atoms with E-state index in [0.717, 1.165) is 72.2 Å². The molecule has 4 aromatic rings. The summed E-state index contributed by atoms with van der Waals surface area (Å²) in [7, 11) is 0. The van der Waals surface area contributed by atoms with Crippen LogP contribution in [0, 0.1) is 11.6 Å². The Balaban J connectivity index is 0.729. The molecule has 0 radical (unpaired) electrons. The summed E-state index contributed by atoms with van der Waals surface area (Å²) in [6, 6.07) is 12.4. The Bertz CT molecular complexity index is 2440. The smallest absolute Gasteiger partial charge is 0.255 e. The topological polar surface area (TPSA) is 116 Å². The van der Waals surface area contributed by atoms with E-state index in [1.807, 2.05) is 53.1 Å². The van der Waals surface area contributed by atoms with E-state index in [1.165, 1.54) is 17.0 Å². The van der Waals surface area contributed by atoms with Gasteiger partial charge in [-0.05, 0) is 79.1 Å². The van der Waals surface area contributed by atoms with Crippen molar-refractivity contribution in [1.29, 1.82) is 0 Å². The third kappa shape index (κ3) is 7.32. The van der Waals surface area contributed by atoms with E-state index in [1.54, 1.807) is 4.90 Å². The molecule has 1 aromatic heterocycles. The number of amides is 4. The summed E-state index contributed by atoms with van der Waals surface area (Å²) < 4.78 is 60.4. The highest BCUT2D eigenvalue weighted by atomic mass is 19.3. The summed E-state index contributed by atoms with van der Waals surface area (Å²) in [5, 5.41) is 3.28. The summed E-state index contributed by atoms with van der Waals surface area (Å²) in [6.07, 6.45) is -0.0374. The molecule has 7 heterocycles. The maximum Gasteiger partial charge on any atom is 0.255 e. The number of piperazine rings is 1. The number of hydrogen-bond acceptors (Lipinski definition) is 8. The van der Waals surface area contributed by atoms with Crippen LogP contribution in [0.1, 0.15) is 82.5 Å². The molecule has 3 fully saturated rings. The van der Waals surface area contributed by atoms with Gasteiger partial charge in [-0.2, -0.15) is 0 Å². The van der Waals surface area contributed by atoms with Gasteiger partial charge in [0, 0.05) is 111 Å². The van der Waals surface area contributed by atoms with Crippen LogP contribution in [0.15, 0.2) is 48.5 Å². The fourth-order valence-electron chi connectivity index (χ4n) is 11.0. The molecular weight excluding hydrogens is 805 g/mol. The van der Waals surface area contributed by atoms with E-state index in [9.17, 15) is 28.0 Å². The number of carbonyl (C=O) groups excluding carboxylic acids is 4. The molecule has 2 N–H and O–H groups in total. The number of nitrogens with one attached hydrogen (secondary N) is 2. The van der Waals surface area contributed by atoms with Crippen molar-refractivity contribution < 1.29 is 36.7 Å². The molecule has 6 aliphatic rings. The van der Waals surface area contributed by atoms with Crippen LogP contribution in [-0.4, -0.2) is 130 Å². The van der Waals surface area contributed by atoms with Gasteiger partial charge < -0.3 is 19.7 Å². The number of aromatic nitrogens is 1. The average molecular weight is 855 g/mol. The summed E-state index contributed by atoms with van der Waals surface area (Å²) in [5.41, 5.74) is 5.84. The van der Waals surface area contributed by atoms with Crippen LogP contribution < -0.4 is 10.2 Å². The minimum absolute atomic E-state index is 0.0339. The predicted octanol–water partition coefficient (Wildman–Crippen LogP) is 4.94. The van der Waals surface area contributed by atoms with Crippen LogP contribution in [-0.2, 0) is 40.4 Å². The molecule has 3 aromatic carbocycles. The van der Waals surface area contributed by atoms with E-state index in [0.29, 0.717) is 75.1 Å². The number of nitrogens with zero attached hydrogens (tertiary/aromatic N) is 6. The molecule has 16 heteroatoms. The number of H-pyrrole nitrogens is 1. The van der Waals surface area contributed by atoms with Crippen molar-refractivity contribution in [3.63, 3.8) is 0 Å². The molecule has 10 rings (SSSR count). The Hall–Kier alpha value is -5.32. The zero-order chi connectivity index (χ0) is 43.0. The average Bonchev–Trinajstić information content (AvgIpc) is 3.93. The zero-order valence-electron chi connectivity index (χ0n) is 34.6. The molecule has 0 spiro atoms. The van der Waals surface area contributed by atoms with E-state index in [2.05, 4.69) is 20.1 Å². The van der Waals surface area contributed by atoms with Gasteiger partial charge in [0.1, 0.15) is 17.7 Å². The van der Waals surface area contributed by atoms with E-state index in [-0.39, 0.29) is 35.7 Å². The fraction of sp³-hybridized carbons (Fsp3) is 0.478. The number of fused-ring (bicyclic) bond motifs is 5. The van der Waals surface area contributed by atoms with Crippen LogP contribution >= 0.6 is 0 Å². The fourth-order valence-corrected chi connectivity index (χ4v) is 11.0. The Morgan fingerprint density at radius 3 is 2.27 bits per heavy atom. The number of para-hydroxylation sites is 1. The number of halogens is 4. The zero-order valence-corrected chi connectivity index (χ0v) is 34.6. The predicted molar refractivity (Wildman–Crippen MR) is 222 cm³/mol. The molecule has 4 amide bonds. The first-order chi connectivity index (χ1) is 29.9. The first kappa shape index (κ1) is 40.7. The molecule has 1 unspecified atom stereocenters. The third-order valence-corrected chi connectivity index (χ3v) is 14.2. The lowest BCUT2D eigenvalue weighted by Gasteiger charge is -2.43. The molecular formula is C46H50F4N8O4. The van der Waals surface area contributed by atoms with Crippen LogP contribution in [0.2, 0.25) is 0 Å². The molecule has 3 saturated heterocycles. The number of hydrogen-bond donors (Lipinski definition) is 2. The molecule has 326 valence electrons. The van der Waals surface area contributed by atoms with Crippen molar-refractivity contribution in [3.8, 4) is 0 Å². The van der Waals surface area contributed by atoms with E-state index >= 15 is 8.78 Å². The quantitative estimate of drug-likeness (QED) is 0.190. The second-order valence-corrected chi connectivity index (χ2v) is 17.9. The second-order valence-electron chi connectivity index (χ2n) is 17.9. The first-order valence-corrected chi connectivity index (χ1v) is 21.8. The molecule has 0 aliphatic carbocycles. The largest absolute Gasteiger partial charge is 0.371 e. The number of anilines is 1. The highest BCUT2D eigenvalue weighted by Gasteiger charge is 2.42. The Kier molecular flexibility index (Phi) is 10.6. The number of carbonyl (C=O) groups is 4. The normalized spacial score (nSPS) is 24.0. The minimum Gasteiger partial charge on any atom is -0.371 e. The molecule has 3 atom stereocenters. The molecule has 62 heavy (non-hydrogen) atoms. The van der Waals surface area contributed by atoms with Gasteiger partial charge in [-0.3, -0.25) is 39.2 Å². The number of alkyl halides is 2. The number of piperidine rings is 2. The van der Waals surface area contributed by atoms with Crippen molar-refractivity contribution in [2.45, 2.75) is 89.3 Å². The summed E-state index contributed by atoms with van der Waals surface area (Å²) in [4.78, 5) is 65.8. The van der Waals surface area contributed by atoms with Gasteiger partial charge in [0.15, 0.2) is 0 Å². The third-order valence-electron chi connectivity index (χ3n) is 14.2. The van der Waals surface area contributed by atoms with Crippen molar-refractivity contribution in [3.05, 3.63) is 99.2 Å². The lowest BCUT2D eigenvalue weighted by molar-refractivity contribution is -0.137. The van der Waals surface area contributed by atoms with Gasteiger partial charge in [0.05, 0.1) is 19.1 Å². The number of benzene rings is 3. The lowest BCUT2D eigenvalue weighted by Crippen LogP contribution is -2.54. The number of aromatic amines is 1. The Morgan fingerprint density at radius 1 is 0.855 bits per heavy atom. The lowest BCUT2D eigenvalue weighted by atomic mass is 9.88. The highest BCUT2D eigenvalue weighted by Crippen LogP contribution is 2.44. The maximum absolute atomic E-state index is 16.3. The molecule has 12 nitrogen and oxygen atoms in total. The van der Waals surface area contributed by atoms with Crippen LogP contribution in [0.5, 0.6) is 0 Å². The van der Waals surface area contributed by atoms with Crippen LogP contribution in [0.25, 0.3) is 10.9 Å². The summed E-state index contributed by atoms with van der Waals surface area (Å²) in [6.45, 7) is 7.04. The summed E-state index contributed by atoms with van der Waals surface area (Å²) >= 11 is 0. The van der Waals surface area contributed by atoms with E-state index < -0.39 is 42.6 Å². The summed E-state index contributed by atoms with van der Waals surface area (Å²) in [5.74, 6) is -2.44. The van der Waals surface area contributed by atoms with E-state index in [4.69, 9.17) is 0 Å². The standard InChI is InChI=1S/C46H50F4N8O4/c1-26-16-34-32-4-2-3-5-37(32)51-43(34)44(57(26)24-39(49)50)42-35(47)19-31(20-36(42)48)54-10-8-30(9-11-54)55-14-12-53(13-15-55)25-41(60)56-21-27-17-29-23-58(38-6-7-40(59)52-45(38)61)46(62)33(29)18-28(27)22-56/h2-5,17-20,26,30,38-39,44,51H,6-16,21-25H2,1H3,(H,52,59,61)/t26-,38?,44-/m1/s1. The van der Waals surface area contributed by atoms with Crippen molar-refractivity contribution in [1.82, 2.24) is 34.8 Å². The van der Waals surface area contributed by atoms with Gasteiger partial charge in [-0.15, -0.1) is 0 Å². The minimum atomic E-state index is -2.67. The molecule has 6 aliphatic heterocycles. The van der Waals surface area contributed by atoms with Crippen LogP contribution in [0.3, 0.4) is 0 Å². The van der Waals surface area contributed by atoms with Gasteiger partial charge in [0.2, 0.25) is 17.7 Å². The number of imide groups is 1. The van der Waals surface area contributed by atoms with Crippen molar-refractivity contribution in [2.24, 2.45) is 0 Å². The maximum atomic E-state index is 16.3. The Morgan fingerprint density at radius 2 is 1.56 bits per heavy atom. The van der Waals surface area contributed by atoms with Gasteiger partial charge in [0.25, 0.3) is 12.3 Å². The van der Waals surface area contributed by atoms with Crippen molar-refractivity contribution >= 4 is 40.2 Å². The van der Waals surface area contributed by atoms with Gasteiger partial charge >= 0.3 is 0 Å². The first-order valence-electron chi connectivity index (χ1n) is 21.8. The monoisotopic (exact) mass is 854 g/mol.